The fraction of sp³-hybridized carbons (Fsp3) is 0.727. The van der Waals surface area contributed by atoms with Gasteiger partial charge >= 0.3 is 5.97 Å². The van der Waals surface area contributed by atoms with Crippen molar-refractivity contribution in [2.75, 3.05) is 26.8 Å². The van der Waals surface area contributed by atoms with Crippen LogP contribution in [0.3, 0.4) is 0 Å². The van der Waals surface area contributed by atoms with Gasteiger partial charge in [-0.3, -0.25) is 9.59 Å². The number of nitrogens with two attached hydrogens (primary N) is 1. The average Bonchev–Trinajstić information content (AvgIpc) is 3.00. The van der Waals surface area contributed by atoms with Crippen LogP contribution in [0.5, 0.6) is 0 Å². The number of ketones is 1. The van der Waals surface area contributed by atoms with E-state index >= 15 is 0 Å². The second-order valence-electron chi connectivity index (χ2n) is 10.7. The smallest absolute Gasteiger partial charge is 0.329 e. The first-order chi connectivity index (χ1) is 19.1. The fourth-order valence-corrected chi connectivity index (χ4v) is 4.67. The lowest BCUT2D eigenvalue weighted by Crippen LogP contribution is -2.54. The largest absolute Gasteiger partial charge is 0.461 e. The molecule has 2 atom stereocenters. The second kappa shape index (κ2) is 24.5. The number of methoxy groups -OCH3 is 1. The maximum absolute atomic E-state index is 13.1. The van der Waals surface area contributed by atoms with E-state index in [0.717, 1.165) is 51.5 Å². The summed E-state index contributed by atoms with van der Waals surface area (Å²) in [5.41, 5.74) is 4.10. The number of allylic oxidation sites excluding steroid dienone is 3. The van der Waals surface area contributed by atoms with Gasteiger partial charge in [-0.2, -0.15) is 0 Å². The number of hydrogen-bond acceptors (Lipinski definition) is 6. The lowest BCUT2D eigenvalue weighted by molar-refractivity contribution is -0.167. The van der Waals surface area contributed by atoms with Crippen molar-refractivity contribution in [3.63, 3.8) is 0 Å². The summed E-state index contributed by atoms with van der Waals surface area (Å²) in [5, 5.41) is 0. The summed E-state index contributed by atoms with van der Waals surface area (Å²) in [4.78, 5) is 40.4. The van der Waals surface area contributed by atoms with Crippen LogP contribution >= 0.6 is 0 Å². The van der Waals surface area contributed by atoms with E-state index in [0.29, 0.717) is 18.9 Å². The molecular weight excluding hydrogens is 504 g/mol. The molecule has 2 fully saturated rings. The molecular formula is C33H62N2O5. The third kappa shape index (κ3) is 15.5. The van der Waals surface area contributed by atoms with Gasteiger partial charge in [0, 0.05) is 15.1 Å². The average molecular weight is 567 g/mol. The summed E-state index contributed by atoms with van der Waals surface area (Å²) < 4.78 is 11.1. The maximum Gasteiger partial charge on any atom is 0.329 e. The summed E-state index contributed by atoms with van der Waals surface area (Å²) in [6.07, 6.45) is 15.6. The maximum atomic E-state index is 13.1. The van der Waals surface area contributed by atoms with Crippen molar-refractivity contribution in [3.05, 3.63) is 38.0 Å². The van der Waals surface area contributed by atoms with Gasteiger partial charge in [-0.05, 0) is 63.8 Å². The van der Waals surface area contributed by atoms with E-state index < -0.39 is 23.1 Å². The molecule has 1 heterocycles. The van der Waals surface area contributed by atoms with Crippen LogP contribution in [-0.2, 0) is 23.9 Å². The van der Waals surface area contributed by atoms with E-state index in [-0.39, 0.29) is 20.1 Å². The Morgan fingerprint density at radius 3 is 2.05 bits per heavy atom. The molecule has 7 heteroatoms. The molecule has 7 nitrogen and oxygen atoms in total. The second-order valence-corrected chi connectivity index (χ2v) is 10.7. The van der Waals surface area contributed by atoms with Gasteiger partial charge in [0.15, 0.2) is 0 Å². The number of ether oxygens (including phenoxy) is 2. The van der Waals surface area contributed by atoms with Crippen molar-refractivity contribution in [3.8, 4) is 0 Å². The van der Waals surface area contributed by atoms with Gasteiger partial charge < -0.3 is 20.1 Å². The number of hydrogen-bond donors (Lipinski definition) is 1. The molecule has 234 valence electrons. The molecule has 0 aromatic rings. The highest BCUT2D eigenvalue weighted by Crippen LogP contribution is 2.31. The molecule has 0 spiro atoms. The number of esters is 1. The molecule has 1 saturated heterocycles. The Bertz CT molecular complexity index is 727. The van der Waals surface area contributed by atoms with E-state index in [9.17, 15) is 14.4 Å². The van der Waals surface area contributed by atoms with Crippen molar-refractivity contribution in [1.29, 1.82) is 0 Å². The van der Waals surface area contributed by atoms with Crippen LogP contribution in [0.4, 0.5) is 0 Å². The van der Waals surface area contributed by atoms with E-state index in [1.165, 1.54) is 31.3 Å². The normalized spacial score (nSPS) is 17.7. The Morgan fingerprint density at radius 2 is 1.57 bits per heavy atom. The first kappa shape index (κ1) is 39.9. The fourth-order valence-electron chi connectivity index (χ4n) is 4.67. The molecule has 1 amide bonds. The van der Waals surface area contributed by atoms with Crippen LogP contribution in [0.2, 0.25) is 0 Å². The van der Waals surface area contributed by atoms with E-state index in [1.54, 1.807) is 26.0 Å². The van der Waals surface area contributed by atoms with Crippen LogP contribution in [0, 0.1) is 11.3 Å². The number of carbonyl (C=O) groups excluding carboxylic acids is 3. The van der Waals surface area contributed by atoms with E-state index in [1.807, 2.05) is 19.9 Å². The molecule has 2 rings (SSSR count). The number of carbonyl (C=O) groups is 3. The number of Topliss-reactive ketones (excluding diaryl/α,β-unsaturated/α-hetero) is 1. The summed E-state index contributed by atoms with van der Waals surface area (Å²) in [6, 6.07) is -0.677. The van der Waals surface area contributed by atoms with Crippen LogP contribution in [0.1, 0.15) is 107 Å². The van der Waals surface area contributed by atoms with Gasteiger partial charge in [0.25, 0.3) is 5.91 Å². The molecule has 1 aliphatic carbocycles. The van der Waals surface area contributed by atoms with E-state index in [2.05, 4.69) is 26.7 Å². The topological polar surface area (TPSA) is 98.9 Å². The SMILES string of the molecule is C=CC=C.C=CCC[C@@H](OC(=O)C1CCCCN1C(=O)C(=O)C(C)(C)COC)C1CCCCC1.CC.CCCN.[HH]. The summed E-state index contributed by atoms with van der Waals surface area (Å²) in [5.74, 6) is -1.10. The molecule has 0 aromatic carbocycles. The highest BCUT2D eigenvalue weighted by Gasteiger charge is 2.42. The van der Waals surface area contributed by atoms with Gasteiger partial charge in [0.1, 0.15) is 12.1 Å². The molecule has 2 N–H and O–H groups in total. The van der Waals surface area contributed by atoms with Crippen LogP contribution < -0.4 is 5.73 Å². The van der Waals surface area contributed by atoms with Crippen molar-refractivity contribution >= 4 is 17.7 Å². The molecule has 1 saturated carbocycles. The van der Waals surface area contributed by atoms with Crippen molar-refractivity contribution in [2.24, 2.45) is 17.1 Å². The minimum Gasteiger partial charge on any atom is -0.461 e. The summed E-state index contributed by atoms with van der Waals surface area (Å²) in [6.45, 7) is 21.4. The van der Waals surface area contributed by atoms with Gasteiger partial charge in [-0.1, -0.05) is 85.3 Å². The van der Waals surface area contributed by atoms with Crippen LogP contribution in [0.25, 0.3) is 0 Å². The minimum atomic E-state index is -0.924. The molecule has 0 radical (unpaired) electrons. The zero-order valence-corrected chi connectivity index (χ0v) is 26.6. The first-order valence-corrected chi connectivity index (χ1v) is 15.2. The molecule has 0 bridgehead atoms. The number of piperidine rings is 1. The van der Waals surface area contributed by atoms with Crippen molar-refractivity contribution < 1.29 is 25.3 Å². The molecule has 0 aromatic heterocycles. The van der Waals surface area contributed by atoms with E-state index in [4.69, 9.17) is 15.2 Å². The third-order valence-electron chi connectivity index (χ3n) is 6.90. The van der Waals surface area contributed by atoms with Gasteiger partial charge in [-0.15, -0.1) is 6.58 Å². The number of rotatable bonds is 12. The Balaban J connectivity index is -0.00000114. The Labute approximate surface area is 247 Å². The summed E-state index contributed by atoms with van der Waals surface area (Å²) in [7, 11) is 1.51. The Kier molecular flexibility index (Phi) is 24.5. The Morgan fingerprint density at radius 1 is 1.02 bits per heavy atom. The molecule has 40 heavy (non-hydrogen) atoms. The van der Waals surface area contributed by atoms with Gasteiger partial charge in [0.05, 0.1) is 12.0 Å². The number of nitrogens with zero attached hydrogens (tertiary/aromatic N) is 1. The highest BCUT2D eigenvalue weighted by atomic mass is 16.5. The molecule has 1 unspecified atom stereocenters. The summed E-state index contributed by atoms with van der Waals surface area (Å²) >= 11 is 0. The van der Waals surface area contributed by atoms with Crippen LogP contribution in [-0.4, -0.2) is 61.5 Å². The lowest BCUT2D eigenvalue weighted by Gasteiger charge is -2.37. The number of likely N-dealkylation sites (tertiary alicyclic amines) is 1. The van der Waals surface area contributed by atoms with Crippen molar-refractivity contribution in [2.45, 2.75) is 117 Å². The van der Waals surface area contributed by atoms with Crippen molar-refractivity contribution in [1.82, 2.24) is 4.90 Å². The van der Waals surface area contributed by atoms with Gasteiger partial charge in [-0.25, -0.2) is 4.79 Å². The minimum absolute atomic E-state index is 0. The number of amides is 1. The third-order valence-corrected chi connectivity index (χ3v) is 6.90. The van der Waals surface area contributed by atoms with Crippen LogP contribution in [0.15, 0.2) is 38.0 Å². The lowest BCUT2D eigenvalue weighted by atomic mass is 9.83. The monoisotopic (exact) mass is 566 g/mol. The highest BCUT2D eigenvalue weighted by molar-refractivity contribution is 6.38. The van der Waals surface area contributed by atoms with Gasteiger partial charge in [0.2, 0.25) is 5.78 Å². The molecule has 2 aliphatic rings. The quantitative estimate of drug-likeness (QED) is 0.118. The standard InChI is InChI=1S/C24H39NO5.C4H6.C3H9N.C2H6.H2/c1-5-6-15-20(18-12-8-7-9-13-18)30-23(28)19-14-10-11-16-25(19)22(27)21(26)24(2,3)17-29-4;1-3-4-2;1-2-3-4;1-2;/h5,18-20H,1,6-17H2,2-4H3;3-4H,1-2H2;2-4H2,1H3;1-2H3;1H/t19?,20-;;;;/m1..../s1. The zero-order chi connectivity index (χ0) is 31.0. The predicted molar refractivity (Wildman–Crippen MR) is 169 cm³/mol. The first-order valence-electron chi connectivity index (χ1n) is 15.2. The predicted octanol–water partition coefficient (Wildman–Crippen LogP) is 7.05. The molecule has 1 aliphatic heterocycles. The Hall–Kier alpha value is -2.25. The zero-order valence-electron chi connectivity index (χ0n) is 26.6.